The van der Waals surface area contributed by atoms with Crippen LogP contribution in [0.25, 0.3) is 0 Å². The van der Waals surface area contributed by atoms with Crippen molar-refractivity contribution in [1.82, 2.24) is 10.6 Å². The molecule has 6 heteroatoms. The first kappa shape index (κ1) is 20.4. The van der Waals surface area contributed by atoms with Gasteiger partial charge in [0.15, 0.2) is 0 Å². The summed E-state index contributed by atoms with van der Waals surface area (Å²) in [4.78, 5) is 34.7. The summed E-state index contributed by atoms with van der Waals surface area (Å²) in [7, 11) is 1.31. The Morgan fingerprint density at radius 2 is 1.64 bits per heavy atom. The average molecular weight is 314 g/mol. The maximum atomic E-state index is 11.9. The molecule has 0 saturated heterocycles. The Labute approximate surface area is 133 Å². The van der Waals surface area contributed by atoms with Crippen molar-refractivity contribution in [1.29, 1.82) is 0 Å². The predicted octanol–water partition coefficient (Wildman–Crippen LogP) is 1.92. The van der Waals surface area contributed by atoms with Crippen LogP contribution >= 0.6 is 0 Å². The lowest BCUT2D eigenvalue weighted by atomic mass is 10.1. The predicted molar refractivity (Wildman–Crippen MR) is 85.2 cm³/mol. The molecule has 128 valence electrons. The number of hydrogen-bond donors (Lipinski definition) is 2. The first-order valence-electron chi connectivity index (χ1n) is 8.07. The normalized spacial score (nSPS) is 13.1. The zero-order chi connectivity index (χ0) is 17.0. The molecule has 0 aromatic rings. The van der Waals surface area contributed by atoms with Crippen LogP contribution in [0, 0.1) is 0 Å². The Morgan fingerprint density at radius 3 is 2.23 bits per heavy atom. The van der Waals surface area contributed by atoms with E-state index >= 15 is 0 Å². The largest absolute Gasteiger partial charge is 0.469 e. The molecule has 0 heterocycles. The molecule has 0 radical (unpaired) electrons. The molecule has 0 bridgehead atoms. The molecule has 0 fully saturated rings. The minimum absolute atomic E-state index is 0.111. The number of esters is 1. The van der Waals surface area contributed by atoms with E-state index in [0.717, 1.165) is 19.3 Å². The van der Waals surface area contributed by atoms with Crippen LogP contribution in [0.2, 0.25) is 0 Å². The summed E-state index contributed by atoms with van der Waals surface area (Å²) in [5.41, 5.74) is 0. The SMILES string of the molecule is CCCCCCCC(=O)N[C@@H](C)C(=O)N[C@@H](C)CC(=O)OC. The Kier molecular flexibility index (Phi) is 11.1. The van der Waals surface area contributed by atoms with Gasteiger partial charge in [0.2, 0.25) is 11.8 Å². The Hall–Kier alpha value is -1.59. The Balaban J connectivity index is 3.93. The molecule has 2 amide bonds. The summed E-state index contributed by atoms with van der Waals surface area (Å²) in [6.45, 7) is 5.50. The molecule has 0 spiro atoms. The highest BCUT2D eigenvalue weighted by atomic mass is 16.5. The van der Waals surface area contributed by atoms with E-state index in [0.29, 0.717) is 6.42 Å². The lowest BCUT2D eigenvalue weighted by molar-refractivity contribution is -0.141. The van der Waals surface area contributed by atoms with Crippen LogP contribution < -0.4 is 10.6 Å². The number of carbonyl (C=O) groups excluding carboxylic acids is 3. The number of unbranched alkanes of at least 4 members (excludes halogenated alkanes) is 4. The van der Waals surface area contributed by atoms with E-state index in [1.165, 1.54) is 20.0 Å². The van der Waals surface area contributed by atoms with Gasteiger partial charge in [0.1, 0.15) is 6.04 Å². The summed E-state index contributed by atoms with van der Waals surface area (Å²) in [5.74, 6) is -0.785. The second kappa shape index (κ2) is 12.0. The third-order valence-electron chi connectivity index (χ3n) is 3.37. The minimum atomic E-state index is -0.608. The van der Waals surface area contributed by atoms with Crippen molar-refractivity contribution in [3.63, 3.8) is 0 Å². The molecule has 2 atom stereocenters. The van der Waals surface area contributed by atoms with Crippen molar-refractivity contribution < 1.29 is 19.1 Å². The van der Waals surface area contributed by atoms with E-state index < -0.39 is 6.04 Å². The van der Waals surface area contributed by atoms with Crippen molar-refractivity contribution in [3.05, 3.63) is 0 Å². The molecule has 0 aliphatic rings. The fourth-order valence-electron chi connectivity index (χ4n) is 2.02. The van der Waals surface area contributed by atoms with Crippen molar-refractivity contribution >= 4 is 17.8 Å². The Bertz CT molecular complexity index is 358. The quantitative estimate of drug-likeness (QED) is 0.451. The summed E-state index contributed by atoms with van der Waals surface area (Å²) in [6, 6.07) is -0.934. The number of rotatable bonds is 11. The molecule has 22 heavy (non-hydrogen) atoms. The molecule has 0 aromatic carbocycles. The average Bonchev–Trinajstić information content (AvgIpc) is 2.46. The zero-order valence-corrected chi connectivity index (χ0v) is 14.2. The highest BCUT2D eigenvalue weighted by molar-refractivity contribution is 5.87. The summed E-state index contributed by atoms with van der Waals surface area (Å²) >= 11 is 0. The molecule has 2 N–H and O–H groups in total. The lowest BCUT2D eigenvalue weighted by Gasteiger charge is -2.17. The number of ether oxygens (including phenoxy) is 1. The van der Waals surface area contributed by atoms with E-state index in [1.54, 1.807) is 13.8 Å². The van der Waals surface area contributed by atoms with E-state index in [9.17, 15) is 14.4 Å². The standard InChI is InChI=1S/C16H30N2O4/c1-5-6-7-8-9-10-14(19)18-13(3)16(21)17-12(2)11-15(20)22-4/h12-13H,5-11H2,1-4H3,(H,17,21)(H,18,19)/t12-,13-/m0/s1. The summed E-state index contributed by atoms with van der Waals surface area (Å²) in [5, 5.41) is 5.36. The van der Waals surface area contributed by atoms with Crippen LogP contribution in [0.15, 0.2) is 0 Å². The fourth-order valence-corrected chi connectivity index (χ4v) is 2.02. The molecule has 0 aliphatic carbocycles. The van der Waals surface area contributed by atoms with E-state index in [-0.39, 0.29) is 30.2 Å². The highest BCUT2D eigenvalue weighted by Gasteiger charge is 2.18. The van der Waals surface area contributed by atoms with Crippen LogP contribution in [-0.2, 0) is 19.1 Å². The number of methoxy groups -OCH3 is 1. The molecular weight excluding hydrogens is 284 g/mol. The zero-order valence-electron chi connectivity index (χ0n) is 14.2. The monoisotopic (exact) mass is 314 g/mol. The summed E-state index contributed by atoms with van der Waals surface area (Å²) < 4.78 is 4.54. The van der Waals surface area contributed by atoms with Crippen LogP contribution in [0.1, 0.15) is 65.7 Å². The first-order chi connectivity index (χ1) is 10.4. The van der Waals surface area contributed by atoms with Crippen LogP contribution in [0.5, 0.6) is 0 Å². The fraction of sp³-hybridized carbons (Fsp3) is 0.812. The van der Waals surface area contributed by atoms with E-state index in [4.69, 9.17) is 0 Å². The third-order valence-corrected chi connectivity index (χ3v) is 3.37. The molecule has 0 aliphatic heterocycles. The number of amides is 2. The highest BCUT2D eigenvalue weighted by Crippen LogP contribution is 2.05. The van der Waals surface area contributed by atoms with Gasteiger partial charge in [0, 0.05) is 12.5 Å². The van der Waals surface area contributed by atoms with Crippen molar-refractivity contribution in [2.45, 2.75) is 77.8 Å². The van der Waals surface area contributed by atoms with Crippen molar-refractivity contribution in [2.75, 3.05) is 7.11 Å². The minimum Gasteiger partial charge on any atom is -0.469 e. The van der Waals surface area contributed by atoms with Gasteiger partial charge in [-0.15, -0.1) is 0 Å². The van der Waals surface area contributed by atoms with Crippen LogP contribution in [-0.4, -0.2) is 37.0 Å². The van der Waals surface area contributed by atoms with Crippen molar-refractivity contribution in [2.24, 2.45) is 0 Å². The van der Waals surface area contributed by atoms with Gasteiger partial charge in [-0.3, -0.25) is 14.4 Å². The van der Waals surface area contributed by atoms with Gasteiger partial charge >= 0.3 is 5.97 Å². The van der Waals surface area contributed by atoms with Crippen molar-refractivity contribution in [3.8, 4) is 0 Å². The molecule has 0 unspecified atom stereocenters. The van der Waals surface area contributed by atoms with Gasteiger partial charge in [-0.2, -0.15) is 0 Å². The number of hydrogen-bond acceptors (Lipinski definition) is 4. The first-order valence-corrected chi connectivity index (χ1v) is 8.07. The lowest BCUT2D eigenvalue weighted by Crippen LogP contribution is -2.47. The summed E-state index contributed by atoms with van der Waals surface area (Å²) in [6.07, 6.45) is 5.95. The van der Waals surface area contributed by atoms with E-state index in [2.05, 4.69) is 22.3 Å². The number of carbonyl (C=O) groups is 3. The third kappa shape index (κ3) is 10.2. The maximum absolute atomic E-state index is 11.9. The van der Waals surface area contributed by atoms with Gasteiger partial charge in [-0.1, -0.05) is 32.6 Å². The van der Waals surface area contributed by atoms with Gasteiger partial charge in [-0.05, 0) is 20.3 Å². The number of nitrogens with one attached hydrogen (secondary N) is 2. The topological polar surface area (TPSA) is 84.5 Å². The van der Waals surface area contributed by atoms with Gasteiger partial charge in [-0.25, -0.2) is 0 Å². The van der Waals surface area contributed by atoms with Crippen LogP contribution in [0.4, 0.5) is 0 Å². The van der Waals surface area contributed by atoms with Crippen LogP contribution in [0.3, 0.4) is 0 Å². The second-order valence-electron chi connectivity index (χ2n) is 5.64. The molecule has 0 aromatic heterocycles. The Morgan fingerprint density at radius 1 is 1.00 bits per heavy atom. The molecular formula is C16H30N2O4. The van der Waals surface area contributed by atoms with Gasteiger partial charge < -0.3 is 15.4 Å². The maximum Gasteiger partial charge on any atom is 0.307 e. The molecule has 0 rings (SSSR count). The second-order valence-corrected chi connectivity index (χ2v) is 5.64. The molecule has 0 saturated carbocycles. The smallest absolute Gasteiger partial charge is 0.307 e. The molecule has 6 nitrogen and oxygen atoms in total. The van der Waals surface area contributed by atoms with Gasteiger partial charge in [0.25, 0.3) is 0 Å². The van der Waals surface area contributed by atoms with Gasteiger partial charge in [0.05, 0.1) is 13.5 Å². The van der Waals surface area contributed by atoms with E-state index in [1.807, 2.05) is 0 Å².